The van der Waals surface area contributed by atoms with Crippen molar-refractivity contribution in [2.75, 3.05) is 19.7 Å². The van der Waals surface area contributed by atoms with Gasteiger partial charge in [-0.2, -0.15) is 4.31 Å². The predicted octanol–water partition coefficient (Wildman–Crippen LogP) is 2.44. The summed E-state index contributed by atoms with van der Waals surface area (Å²) in [6, 6.07) is 6.08. The smallest absolute Gasteiger partial charge is 0.274 e. The van der Waals surface area contributed by atoms with Crippen LogP contribution >= 0.6 is 0 Å². The Morgan fingerprint density at radius 2 is 1.88 bits per heavy atom. The minimum absolute atomic E-state index is 0.140. The number of ether oxygens (including phenoxy) is 1. The van der Waals surface area contributed by atoms with Gasteiger partial charge in [-0.1, -0.05) is 18.9 Å². The van der Waals surface area contributed by atoms with E-state index in [1.807, 2.05) is 0 Å². The summed E-state index contributed by atoms with van der Waals surface area (Å²) in [6.45, 7) is 1.67. The van der Waals surface area contributed by atoms with E-state index in [1.54, 1.807) is 12.1 Å². The Morgan fingerprint density at radius 3 is 2.58 bits per heavy atom. The average Bonchev–Trinajstić information content (AvgIpc) is 2.97. The highest BCUT2D eigenvalue weighted by Crippen LogP contribution is 2.21. The second kappa shape index (κ2) is 8.94. The van der Waals surface area contributed by atoms with E-state index in [0.29, 0.717) is 19.7 Å². The molecule has 0 saturated carbocycles. The molecule has 0 radical (unpaired) electrons. The van der Waals surface area contributed by atoms with Gasteiger partial charge in [0, 0.05) is 31.7 Å². The number of hydrogen-bond donors (Lipinski definition) is 1. The summed E-state index contributed by atoms with van der Waals surface area (Å²) >= 11 is 0. The highest BCUT2D eigenvalue weighted by Gasteiger charge is 2.26. The Kier molecular flexibility index (Phi) is 6.63. The highest BCUT2D eigenvalue weighted by atomic mass is 32.2. The third kappa shape index (κ3) is 4.82. The van der Waals surface area contributed by atoms with Gasteiger partial charge in [0.25, 0.3) is 5.91 Å². The summed E-state index contributed by atoms with van der Waals surface area (Å²) < 4.78 is 32.6. The lowest BCUT2D eigenvalue weighted by atomic mass is 10.2. The Bertz CT molecular complexity index is 708. The fourth-order valence-corrected chi connectivity index (χ4v) is 4.77. The maximum atomic E-state index is 12.9. The fourth-order valence-electron chi connectivity index (χ4n) is 3.21. The summed E-state index contributed by atoms with van der Waals surface area (Å²) in [6.07, 6.45) is 6.10. The number of carbonyl (C=O) groups is 1. The molecule has 0 aliphatic carbocycles. The van der Waals surface area contributed by atoms with E-state index < -0.39 is 22.2 Å². The molecule has 2 aliphatic heterocycles. The molecular formula is C18H26N2O5S. The molecule has 1 aromatic carbocycles. The van der Waals surface area contributed by atoms with Crippen molar-refractivity contribution in [2.45, 2.75) is 56.1 Å². The largest absolute Gasteiger partial charge is 0.350 e. The summed E-state index contributed by atoms with van der Waals surface area (Å²) in [5.41, 5.74) is 2.61. The molecule has 2 fully saturated rings. The molecule has 26 heavy (non-hydrogen) atoms. The second-order valence-corrected chi connectivity index (χ2v) is 8.63. The van der Waals surface area contributed by atoms with Gasteiger partial charge in [-0.05, 0) is 43.9 Å². The van der Waals surface area contributed by atoms with Crippen LogP contribution in [0.1, 0.15) is 55.3 Å². The minimum Gasteiger partial charge on any atom is -0.350 e. The Labute approximate surface area is 154 Å². The monoisotopic (exact) mass is 382 g/mol. The van der Waals surface area contributed by atoms with Gasteiger partial charge < -0.3 is 4.74 Å². The second-order valence-electron chi connectivity index (χ2n) is 6.69. The van der Waals surface area contributed by atoms with E-state index in [2.05, 4.69) is 5.48 Å². The number of hydroxylamine groups is 1. The van der Waals surface area contributed by atoms with Crippen molar-refractivity contribution in [1.82, 2.24) is 9.79 Å². The molecule has 0 bridgehead atoms. The lowest BCUT2D eigenvalue weighted by molar-refractivity contribution is -0.186. The molecule has 0 spiro atoms. The number of carbonyl (C=O) groups excluding carboxylic acids is 1. The fraction of sp³-hybridized carbons (Fsp3) is 0.611. The van der Waals surface area contributed by atoms with Crippen molar-refractivity contribution in [3.8, 4) is 0 Å². The Morgan fingerprint density at radius 1 is 1.12 bits per heavy atom. The van der Waals surface area contributed by atoms with Gasteiger partial charge in [0.15, 0.2) is 6.29 Å². The normalized spacial score (nSPS) is 22.5. The zero-order valence-corrected chi connectivity index (χ0v) is 15.7. The predicted molar refractivity (Wildman–Crippen MR) is 95.8 cm³/mol. The maximum Gasteiger partial charge on any atom is 0.274 e. The third-order valence-electron chi connectivity index (χ3n) is 4.72. The van der Waals surface area contributed by atoms with Crippen LogP contribution in [0.2, 0.25) is 0 Å². The quantitative estimate of drug-likeness (QED) is 0.791. The number of sulfonamides is 1. The van der Waals surface area contributed by atoms with Crippen molar-refractivity contribution in [1.29, 1.82) is 0 Å². The molecule has 0 aromatic heterocycles. The summed E-state index contributed by atoms with van der Waals surface area (Å²) in [5.74, 6) is -0.480. The standard InChI is InChI=1S/C18H26N2O5S/c21-18(19-25-17-10-3-6-13-24-17)15-8-7-9-16(14-15)26(22,23)20-11-4-1-2-5-12-20/h7-9,14,17H,1-6,10-13H2,(H,19,21). The molecule has 2 heterocycles. The van der Waals surface area contributed by atoms with E-state index in [0.717, 1.165) is 44.9 Å². The van der Waals surface area contributed by atoms with Gasteiger partial charge >= 0.3 is 0 Å². The number of nitrogens with one attached hydrogen (secondary N) is 1. The number of rotatable bonds is 5. The number of amides is 1. The first-order chi connectivity index (χ1) is 12.6. The van der Waals surface area contributed by atoms with Gasteiger partial charge in [0.05, 0.1) is 4.90 Å². The topological polar surface area (TPSA) is 84.9 Å². The molecule has 2 aliphatic rings. The first-order valence-electron chi connectivity index (χ1n) is 9.25. The molecule has 3 rings (SSSR count). The molecule has 8 heteroatoms. The summed E-state index contributed by atoms with van der Waals surface area (Å²) in [4.78, 5) is 17.7. The molecule has 7 nitrogen and oxygen atoms in total. The van der Waals surface area contributed by atoms with Crippen LogP contribution in [0.3, 0.4) is 0 Å². The van der Waals surface area contributed by atoms with Crippen molar-refractivity contribution in [3.05, 3.63) is 29.8 Å². The Balaban J connectivity index is 1.67. The van der Waals surface area contributed by atoms with Crippen molar-refractivity contribution >= 4 is 15.9 Å². The van der Waals surface area contributed by atoms with Crippen LogP contribution in [0.4, 0.5) is 0 Å². The highest BCUT2D eigenvalue weighted by molar-refractivity contribution is 7.89. The van der Waals surface area contributed by atoms with E-state index in [1.165, 1.54) is 16.4 Å². The average molecular weight is 382 g/mol. The van der Waals surface area contributed by atoms with E-state index in [4.69, 9.17) is 9.57 Å². The number of benzene rings is 1. The van der Waals surface area contributed by atoms with E-state index in [9.17, 15) is 13.2 Å². The molecule has 1 atom stereocenters. The van der Waals surface area contributed by atoms with Crippen LogP contribution in [0.25, 0.3) is 0 Å². The molecule has 144 valence electrons. The van der Waals surface area contributed by atoms with Gasteiger partial charge in [0.1, 0.15) is 0 Å². The molecule has 1 unspecified atom stereocenters. The van der Waals surface area contributed by atoms with Gasteiger partial charge in [0.2, 0.25) is 10.0 Å². The Hall–Kier alpha value is -1.48. The lowest BCUT2D eigenvalue weighted by Gasteiger charge is -2.22. The van der Waals surface area contributed by atoms with Crippen LogP contribution in [-0.4, -0.2) is 44.6 Å². The molecule has 1 N–H and O–H groups in total. The number of hydrogen-bond acceptors (Lipinski definition) is 5. The zero-order valence-electron chi connectivity index (χ0n) is 14.9. The van der Waals surface area contributed by atoms with Gasteiger partial charge in [-0.25, -0.2) is 18.7 Å². The molecular weight excluding hydrogens is 356 g/mol. The summed E-state index contributed by atoms with van der Waals surface area (Å²) in [5, 5.41) is 0. The lowest BCUT2D eigenvalue weighted by Crippen LogP contribution is -2.34. The zero-order chi connectivity index (χ0) is 18.4. The van der Waals surface area contributed by atoms with Crippen molar-refractivity contribution < 1.29 is 22.8 Å². The van der Waals surface area contributed by atoms with Crippen LogP contribution in [0, 0.1) is 0 Å². The first-order valence-corrected chi connectivity index (χ1v) is 10.7. The molecule has 1 amide bonds. The van der Waals surface area contributed by atoms with Crippen molar-refractivity contribution in [3.63, 3.8) is 0 Å². The van der Waals surface area contributed by atoms with Crippen LogP contribution in [-0.2, 0) is 19.6 Å². The first kappa shape index (κ1) is 19.3. The summed E-state index contributed by atoms with van der Waals surface area (Å²) in [7, 11) is -3.59. The third-order valence-corrected chi connectivity index (χ3v) is 6.61. The minimum atomic E-state index is -3.59. The van der Waals surface area contributed by atoms with Crippen LogP contribution in [0.5, 0.6) is 0 Å². The van der Waals surface area contributed by atoms with E-state index in [-0.39, 0.29) is 10.5 Å². The van der Waals surface area contributed by atoms with Crippen molar-refractivity contribution in [2.24, 2.45) is 0 Å². The number of nitrogens with zero attached hydrogens (tertiary/aromatic N) is 1. The van der Waals surface area contributed by atoms with Crippen LogP contribution in [0.15, 0.2) is 29.2 Å². The van der Waals surface area contributed by atoms with E-state index >= 15 is 0 Å². The molecule has 1 aromatic rings. The van der Waals surface area contributed by atoms with Crippen LogP contribution < -0.4 is 5.48 Å². The molecule has 2 saturated heterocycles. The maximum absolute atomic E-state index is 12.9. The van der Waals surface area contributed by atoms with Gasteiger partial charge in [-0.15, -0.1) is 0 Å². The van der Waals surface area contributed by atoms with Gasteiger partial charge in [-0.3, -0.25) is 4.79 Å². The SMILES string of the molecule is O=C(NOC1CCCCO1)c1cccc(S(=O)(=O)N2CCCCCC2)c1.